The van der Waals surface area contributed by atoms with Crippen molar-refractivity contribution in [3.05, 3.63) is 47.2 Å². The summed E-state index contributed by atoms with van der Waals surface area (Å²) in [6, 6.07) is 11.5. The van der Waals surface area contributed by atoms with Gasteiger partial charge in [-0.05, 0) is 37.2 Å². The summed E-state index contributed by atoms with van der Waals surface area (Å²) >= 11 is 5.94. The van der Waals surface area contributed by atoms with Crippen molar-refractivity contribution in [3.8, 4) is 11.3 Å². The first-order chi connectivity index (χ1) is 8.79. The SMILES string of the molecule is OCCCNCc1ccc(-c2cccc(Cl)c2)o1. The van der Waals surface area contributed by atoms with E-state index in [-0.39, 0.29) is 6.61 Å². The van der Waals surface area contributed by atoms with E-state index in [1.807, 2.05) is 36.4 Å². The van der Waals surface area contributed by atoms with Crippen LogP contribution in [0.15, 0.2) is 40.8 Å². The van der Waals surface area contributed by atoms with Gasteiger partial charge in [0.2, 0.25) is 0 Å². The van der Waals surface area contributed by atoms with Crippen molar-refractivity contribution < 1.29 is 9.52 Å². The Hall–Kier alpha value is -1.29. The third-order valence-corrected chi connectivity index (χ3v) is 2.82. The van der Waals surface area contributed by atoms with Gasteiger partial charge in [-0.2, -0.15) is 0 Å². The fourth-order valence-electron chi connectivity index (χ4n) is 1.69. The van der Waals surface area contributed by atoms with Crippen LogP contribution in [0, 0.1) is 0 Å². The maximum atomic E-state index is 8.67. The second-order valence-electron chi connectivity index (χ2n) is 4.03. The Bertz CT molecular complexity index is 496. The lowest BCUT2D eigenvalue weighted by Crippen LogP contribution is -2.15. The Kier molecular flexibility index (Phi) is 4.81. The van der Waals surface area contributed by atoms with E-state index in [1.54, 1.807) is 0 Å². The molecule has 1 heterocycles. The predicted molar refractivity (Wildman–Crippen MR) is 72.6 cm³/mol. The van der Waals surface area contributed by atoms with Crippen molar-refractivity contribution in [1.29, 1.82) is 0 Å². The van der Waals surface area contributed by atoms with Crippen LogP contribution in [-0.2, 0) is 6.54 Å². The largest absolute Gasteiger partial charge is 0.460 e. The van der Waals surface area contributed by atoms with E-state index in [4.69, 9.17) is 21.1 Å². The third kappa shape index (κ3) is 3.60. The molecule has 18 heavy (non-hydrogen) atoms. The van der Waals surface area contributed by atoms with Crippen LogP contribution in [0.2, 0.25) is 5.02 Å². The molecular weight excluding hydrogens is 250 g/mol. The monoisotopic (exact) mass is 265 g/mol. The zero-order valence-electron chi connectivity index (χ0n) is 10.0. The molecule has 0 bridgehead atoms. The molecule has 2 aromatic rings. The molecule has 0 unspecified atom stereocenters. The Morgan fingerprint density at radius 3 is 2.89 bits per heavy atom. The van der Waals surface area contributed by atoms with Gasteiger partial charge in [-0.25, -0.2) is 0 Å². The molecule has 1 aromatic heterocycles. The highest BCUT2D eigenvalue weighted by atomic mass is 35.5. The van der Waals surface area contributed by atoms with Gasteiger partial charge in [0.05, 0.1) is 6.54 Å². The predicted octanol–water partition coefficient (Wildman–Crippen LogP) is 3.07. The van der Waals surface area contributed by atoms with E-state index in [0.717, 1.165) is 30.0 Å². The number of rotatable bonds is 6. The Morgan fingerprint density at radius 2 is 2.11 bits per heavy atom. The highest BCUT2D eigenvalue weighted by Gasteiger charge is 2.04. The zero-order valence-corrected chi connectivity index (χ0v) is 10.8. The van der Waals surface area contributed by atoms with Crippen LogP contribution >= 0.6 is 11.6 Å². The number of hydrogen-bond donors (Lipinski definition) is 2. The molecule has 0 spiro atoms. The lowest BCUT2D eigenvalue weighted by Gasteiger charge is -2.01. The van der Waals surface area contributed by atoms with Crippen LogP contribution in [0.4, 0.5) is 0 Å². The second-order valence-corrected chi connectivity index (χ2v) is 4.47. The minimum atomic E-state index is 0.207. The first-order valence-corrected chi connectivity index (χ1v) is 6.33. The van der Waals surface area contributed by atoms with Crippen LogP contribution in [0.25, 0.3) is 11.3 Å². The summed E-state index contributed by atoms with van der Waals surface area (Å²) in [7, 11) is 0. The quantitative estimate of drug-likeness (QED) is 0.789. The van der Waals surface area contributed by atoms with Crippen molar-refractivity contribution in [2.45, 2.75) is 13.0 Å². The summed E-state index contributed by atoms with van der Waals surface area (Å²) in [5, 5.41) is 12.6. The van der Waals surface area contributed by atoms with Crippen LogP contribution in [0.5, 0.6) is 0 Å². The highest BCUT2D eigenvalue weighted by molar-refractivity contribution is 6.30. The average molecular weight is 266 g/mol. The van der Waals surface area contributed by atoms with Crippen molar-refractivity contribution >= 4 is 11.6 Å². The van der Waals surface area contributed by atoms with Crippen molar-refractivity contribution in [3.63, 3.8) is 0 Å². The van der Waals surface area contributed by atoms with E-state index >= 15 is 0 Å². The van der Waals surface area contributed by atoms with E-state index < -0.39 is 0 Å². The van der Waals surface area contributed by atoms with E-state index in [2.05, 4.69) is 5.32 Å². The van der Waals surface area contributed by atoms with Gasteiger partial charge in [-0.15, -0.1) is 0 Å². The molecule has 0 radical (unpaired) electrons. The van der Waals surface area contributed by atoms with Crippen molar-refractivity contribution in [2.24, 2.45) is 0 Å². The second kappa shape index (κ2) is 6.59. The van der Waals surface area contributed by atoms with E-state index in [1.165, 1.54) is 0 Å². The van der Waals surface area contributed by atoms with Gasteiger partial charge in [0, 0.05) is 17.2 Å². The number of benzene rings is 1. The van der Waals surface area contributed by atoms with Crippen LogP contribution in [0.1, 0.15) is 12.2 Å². The number of hydrogen-bond acceptors (Lipinski definition) is 3. The van der Waals surface area contributed by atoms with Gasteiger partial charge in [-0.3, -0.25) is 0 Å². The maximum absolute atomic E-state index is 8.67. The molecule has 0 amide bonds. The molecule has 0 aliphatic rings. The zero-order chi connectivity index (χ0) is 12.8. The Balaban J connectivity index is 1.97. The molecule has 0 atom stereocenters. The molecular formula is C14H16ClNO2. The van der Waals surface area contributed by atoms with Gasteiger partial charge in [0.15, 0.2) is 0 Å². The van der Waals surface area contributed by atoms with Crippen LogP contribution in [-0.4, -0.2) is 18.3 Å². The topological polar surface area (TPSA) is 45.4 Å². The molecule has 4 heteroatoms. The summed E-state index contributed by atoms with van der Waals surface area (Å²) in [6.07, 6.45) is 0.752. The van der Waals surface area contributed by atoms with E-state index in [9.17, 15) is 0 Å². The average Bonchev–Trinajstić information content (AvgIpc) is 2.83. The molecule has 96 valence electrons. The number of aliphatic hydroxyl groups excluding tert-OH is 1. The summed E-state index contributed by atoms with van der Waals surface area (Å²) in [5.74, 6) is 1.69. The van der Waals surface area contributed by atoms with Gasteiger partial charge in [0.25, 0.3) is 0 Å². The lowest BCUT2D eigenvalue weighted by molar-refractivity contribution is 0.285. The molecule has 3 nitrogen and oxygen atoms in total. The minimum Gasteiger partial charge on any atom is -0.460 e. The van der Waals surface area contributed by atoms with Gasteiger partial charge in [-0.1, -0.05) is 23.7 Å². The standard InChI is InChI=1S/C14H16ClNO2/c15-12-4-1-3-11(9-12)14-6-5-13(18-14)10-16-7-2-8-17/h1,3-6,9,16-17H,2,7-8,10H2. The lowest BCUT2D eigenvalue weighted by atomic mass is 10.2. The highest BCUT2D eigenvalue weighted by Crippen LogP contribution is 2.24. The van der Waals surface area contributed by atoms with Gasteiger partial charge < -0.3 is 14.8 Å². The van der Waals surface area contributed by atoms with Gasteiger partial charge >= 0.3 is 0 Å². The first-order valence-electron chi connectivity index (χ1n) is 5.96. The summed E-state index contributed by atoms with van der Waals surface area (Å²) in [6.45, 7) is 1.66. The molecule has 2 N–H and O–H groups in total. The summed E-state index contributed by atoms with van der Waals surface area (Å²) in [5.41, 5.74) is 0.976. The fraction of sp³-hybridized carbons (Fsp3) is 0.286. The number of aliphatic hydroxyl groups is 1. The number of nitrogens with one attached hydrogen (secondary N) is 1. The Labute approximate surface area is 111 Å². The molecule has 0 fully saturated rings. The molecule has 0 aliphatic carbocycles. The van der Waals surface area contributed by atoms with Crippen molar-refractivity contribution in [2.75, 3.05) is 13.2 Å². The third-order valence-electron chi connectivity index (χ3n) is 2.58. The van der Waals surface area contributed by atoms with Crippen molar-refractivity contribution in [1.82, 2.24) is 5.32 Å². The first kappa shape index (κ1) is 13.1. The summed E-state index contributed by atoms with van der Waals surface area (Å²) < 4.78 is 5.72. The van der Waals surface area contributed by atoms with Gasteiger partial charge in [0.1, 0.15) is 11.5 Å². The molecule has 2 rings (SSSR count). The summed E-state index contributed by atoms with van der Waals surface area (Å²) in [4.78, 5) is 0. The number of halogens is 1. The molecule has 0 saturated heterocycles. The normalized spacial score (nSPS) is 10.8. The fourth-order valence-corrected chi connectivity index (χ4v) is 1.88. The maximum Gasteiger partial charge on any atom is 0.134 e. The smallest absolute Gasteiger partial charge is 0.134 e. The number of furan rings is 1. The molecule has 0 aliphatic heterocycles. The Morgan fingerprint density at radius 1 is 1.22 bits per heavy atom. The molecule has 1 aromatic carbocycles. The van der Waals surface area contributed by atoms with E-state index in [0.29, 0.717) is 11.6 Å². The van der Waals surface area contributed by atoms with Crippen LogP contribution in [0.3, 0.4) is 0 Å². The molecule has 0 saturated carbocycles. The van der Waals surface area contributed by atoms with Crippen LogP contribution < -0.4 is 5.32 Å². The minimum absolute atomic E-state index is 0.207.